The lowest BCUT2D eigenvalue weighted by atomic mass is 10.2. The summed E-state index contributed by atoms with van der Waals surface area (Å²) in [5.41, 5.74) is 1.13. The Kier molecular flexibility index (Phi) is 4.80. The van der Waals surface area contributed by atoms with Crippen molar-refractivity contribution in [1.82, 2.24) is 9.55 Å². The van der Waals surface area contributed by atoms with Crippen LogP contribution in [-0.2, 0) is 13.2 Å². The maximum atomic E-state index is 9.03. The van der Waals surface area contributed by atoms with Crippen molar-refractivity contribution >= 4 is 24.0 Å². The monoisotopic (exact) mass is 258 g/mol. The number of imidazole rings is 1. The first-order valence-electron chi connectivity index (χ1n) is 4.65. The Morgan fingerprint density at radius 2 is 1.94 bits per heavy atom. The van der Waals surface area contributed by atoms with Crippen LogP contribution in [0.5, 0.6) is 0 Å². The Bertz CT molecular complexity index is 440. The van der Waals surface area contributed by atoms with Gasteiger partial charge in [-0.3, -0.25) is 0 Å². The summed E-state index contributed by atoms with van der Waals surface area (Å²) in [6, 6.07) is 7.63. The summed E-state index contributed by atoms with van der Waals surface area (Å²) in [4.78, 5) is 4.04. The molecule has 0 spiro atoms. The van der Waals surface area contributed by atoms with Gasteiger partial charge in [0.2, 0.25) is 0 Å². The van der Waals surface area contributed by atoms with E-state index in [2.05, 4.69) is 4.98 Å². The molecule has 0 fully saturated rings. The molecule has 1 aromatic heterocycles. The van der Waals surface area contributed by atoms with Crippen LogP contribution in [-0.4, -0.2) is 14.7 Å². The van der Waals surface area contributed by atoms with E-state index < -0.39 is 0 Å². The third-order valence-electron chi connectivity index (χ3n) is 2.21. The number of hydrogen-bond donors (Lipinski definition) is 1. The summed E-state index contributed by atoms with van der Waals surface area (Å²) >= 11 is 5.79. The van der Waals surface area contributed by atoms with Crippen molar-refractivity contribution in [2.75, 3.05) is 0 Å². The average molecular weight is 259 g/mol. The first kappa shape index (κ1) is 13.0. The fourth-order valence-electron chi connectivity index (χ4n) is 1.42. The molecular weight excluding hydrogens is 247 g/mol. The molecule has 2 rings (SSSR count). The maximum Gasteiger partial charge on any atom is 0.134 e. The molecule has 0 saturated carbocycles. The van der Waals surface area contributed by atoms with Gasteiger partial charge in [0.1, 0.15) is 12.4 Å². The van der Waals surface area contributed by atoms with Crippen LogP contribution in [0.15, 0.2) is 36.7 Å². The highest BCUT2D eigenvalue weighted by molar-refractivity contribution is 6.30. The Morgan fingerprint density at radius 3 is 2.56 bits per heavy atom. The standard InChI is InChI=1S/C11H11ClN2O.ClH/c12-10-3-1-9(2-4-10)7-14-6-5-13-11(14)8-15;/h1-6,15H,7-8H2;1H. The molecule has 0 atom stereocenters. The third-order valence-corrected chi connectivity index (χ3v) is 2.46. The molecule has 3 nitrogen and oxygen atoms in total. The molecule has 0 radical (unpaired) electrons. The zero-order valence-electron chi connectivity index (χ0n) is 8.51. The highest BCUT2D eigenvalue weighted by Crippen LogP contribution is 2.11. The predicted octanol–water partition coefficient (Wildman–Crippen LogP) is 2.50. The lowest BCUT2D eigenvalue weighted by Crippen LogP contribution is -2.03. The van der Waals surface area contributed by atoms with E-state index >= 15 is 0 Å². The van der Waals surface area contributed by atoms with Gasteiger partial charge in [0.15, 0.2) is 0 Å². The van der Waals surface area contributed by atoms with Crippen LogP contribution < -0.4 is 0 Å². The second kappa shape index (κ2) is 5.89. The number of rotatable bonds is 3. The molecule has 1 aromatic carbocycles. The Balaban J connectivity index is 0.00000128. The SMILES string of the molecule is Cl.OCc1nccn1Cc1ccc(Cl)cc1. The molecule has 1 heterocycles. The van der Waals surface area contributed by atoms with Gasteiger partial charge in [-0.1, -0.05) is 23.7 Å². The third kappa shape index (κ3) is 2.98. The lowest BCUT2D eigenvalue weighted by molar-refractivity contribution is 0.266. The summed E-state index contributed by atoms with van der Waals surface area (Å²) in [5, 5.41) is 9.75. The molecule has 2 aromatic rings. The minimum atomic E-state index is -0.0411. The summed E-state index contributed by atoms with van der Waals surface area (Å²) in [5.74, 6) is 0.671. The number of aliphatic hydroxyl groups excluding tert-OH is 1. The van der Waals surface area contributed by atoms with E-state index in [0.29, 0.717) is 12.4 Å². The average Bonchev–Trinajstić information content (AvgIpc) is 2.69. The van der Waals surface area contributed by atoms with Crippen LogP contribution in [0.2, 0.25) is 5.02 Å². The van der Waals surface area contributed by atoms with Gasteiger partial charge in [-0.15, -0.1) is 12.4 Å². The summed E-state index contributed by atoms with van der Waals surface area (Å²) in [6.45, 7) is 0.660. The molecule has 0 bridgehead atoms. The molecule has 0 aliphatic rings. The Hall–Kier alpha value is -1.03. The van der Waals surface area contributed by atoms with E-state index in [1.165, 1.54) is 0 Å². The topological polar surface area (TPSA) is 38.1 Å². The van der Waals surface area contributed by atoms with Crippen molar-refractivity contribution in [1.29, 1.82) is 0 Å². The van der Waals surface area contributed by atoms with Crippen LogP contribution in [0.1, 0.15) is 11.4 Å². The molecule has 1 N–H and O–H groups in total. The summed E-state index contributed by atoms with van der Waals surface area (Å²) in [6.07, 6.45) is 3.53. The van der Waals surface area contributed by atoms with Gasteiger partial charge in [0.05, 0.1) is 0 Å². The predicted molar refractivity (Wildman–Crippen MR) is 66.0 cm³/mol. The van der Waals surface area contributed by atoms with E-state index in [9.17, 15) is 0 Å². The van der Waals surface area contributed by atoms with E-state index in [0.717, 1.165) is 10.6 Å². The molecule has 0 unspecified atom stereocenters. The summed E-state index contributed by atoms with van der Waals surface area (Å²) < 4.78 is 1.91. The summed E-state index contributed by atoms with van der Waals surface area (Å²) in [7, 11) is 0. The van der Waals surface area contributed by atoms with Gasteiger partial charge >= 0.3 is 0 Å². The number of nitrogens with zero attached hydrogens (tertiary/aromatic N) is 2. The Morgan fingerprint density at radius 1 is 1.25 bits per heavy atom. The van der Waals surface area contributed by atoms with E-state index in [-0.39, 0.29) is 19.0 Å². The Labute approximate surface area is 105 Å². The second-order valence-electron chi connectivity index (χ2n) is 3.26. The van der Waals surface area contributed by atoms with Crippen LogP contribution >= 0.6 is 24.0 Å². The van der Waals surface area contributed by atoms with Gasteiger partial charge in [-0.2, -0.15) is 0 Å². The first-order valence-corrected chi connectivity index (χ1v) is 5.02. The van der Waals surface area contributed by atoms with Crippen molar-refractivity contribution in [2.45, 2.75) is 13.2 Å². The van der Waals surface area contributed by atoms with Crippen molar-refractivity contribution < 1.29 is 5.11 Å². The zero-order chi connectivity index (χ0) is 10.7. The van der Waals surface area contributed by atoms with Gasteiger partial charge in [0, 0.05) is 24.0 Å². The highest BCUT2D eigenvalue weighted by Gasteiger charge is 2.01. The lowest BCUT2D eigenvalue weighted by Gasteiger charge is -2.05. The number of hydrogen-bond acceptors (Lipinski definition) is 2. The largest absolute Gasteiger partial charge is 0.388 e. The molecule has 86 valence electrons. The molecule has 5 heteroatoms. The number of benzene rings is 1. The zero-order valence-corrected chi connectivity index (χ0v) is 10.1. The van der Waals surface area contributed by atoms with Gasteiger partial charge < -0.3 is 9.67 Å². The minimum Gasteiger partial charge on any atom is -0.388 e. The molecular formula is C11H12Cl2N2O. The maximum absolute atomic E-state index is 9.03. The molecule has 0 aliphatic heterocycles. The van der Waals surface area contributed by atoms with Crippen LogP contribution in [0, 0.1) is 0 Å². The first-order chi connectivity index (χ1) is 7.29. The van der Waals surface area contributed by atoms with Gasteiger partial charge in [-0.05, 0) is 17.7 Å². The quantitative estimate of drug-likeness (QED) is 0.919. The van der Waals surface area contributed by atoms with E-state index in [1.807, 2.05) is 35.0 Å². The van der Waals surface area contributed by atoms with E-state index in [1.54, 1.807) is 6.20 Å². The van der Waals surface area contributed by atoms with Crippen LogP contribution in [0.3, 0.4) is 0 Å². The van der Waals surface area contributed by atoms with Crippen molar-refractivity contribution in [2.24, 2.45) is 0 Å². The fourth-order valence-corrected chi connectivity index (χ4v) is 1.55. The molecule has 0 amide bonds. The normalized spacial score (nSPS) is 9.88. The van der Waals surface area contributed by atoms with Crippen LogP contribution in [0.4, 0.5) is 0 Å². The number of aromatic nitrogens is 2. The molecule has 0 aliphatic carbocycles. The molecule has 0 saturated heterocycles. The van der Waals surface area contributed by atoms with Crippen molar-refractivity contribution in [3.8, 4) is 0 Å². The van der Waals surface area contributed by atoms with Gasteiger partial charge in [0.25, 0.3) is 0 Å². The second-order valence-corrected chi connectivity index (χ2v) is 3.69. The van der Waals surface area contributed by atoms with Gasteiger partial charge in [-0.25, -0.2) is 4.98 Å². The van der Waals surface area contributed by atoms with Crippen molar-refractivity contribution in [3.05, 3.63) is 53.1 Å². The van der Waals surface area contributed by atoms with Crippen LogP contribution in [0.25, 0.3) is 0 Å². The number of halogens is 2. The number of aliphatic hydroxyl groups is 1. The highest BCUT2D eigenvalue weighted by atomic mass is 35.5. The molecule has 16 heavy (non-hydrogen) atoms. The van der Waals surface area contributed by atoms with E-state index in [4.69, 9.17) is 16.7 Å². The van der Waals surface area contributed by atoms with Crippen molar-refractivity contribution in [3.63, 3.8) is 0 Å². The smallest absolute Gasteiger partial charge is 0.134 e. The fraction of sp³-hybridized carbons (Fsp3) is 0.182. The minimum absolute atomic E-state index is 0.